The lowest BCUT2D eigenvalue weighted by molar-refractivity contribution is 0.196. The molecule has 2 N–H and O–H groups in total. The largest absolute Gasteiger partial charge is 0.357 e. The Morgan fingerprint density at radius 2 is 1.85 bits per heavy atom. The Hall–Kier alpha value is -0.770. The maximum Gasteiger partial charge on any atom is 0.191 e. The highest BCUT2D eigenvalue weighted by atomic mass is 15.2. The number of guanidine groups is 1. The van der Waals surface area contributed by atoms with E-state index in [1.807, 2.05) is 0 Å². The summed E-state index contributed by atoms with van der Waals surface area (Å²) in [5, 5.41) is 6.85. The van der Waals surface area contributed by atoms with Crippen LogP contribution < -0.4 is 10.6 Å². The summed E-state index contributed by atoms with van der Waals surface area (Å²) < 4.78 is 0. The summed E-state index contributed by atoms with van der Waals surface area (Å²) in [6.07, 6.45) is 3.79. The first-order valence-electron chi connectivity index (χ1n) is 8.39. The van der Waals surface area contributed by atoms with Crippen LogP contribution in [-0.4, -0.2) is 49.1 Å². The average molecular weight is 282 g/mol. The number of likely N-dealkylation sites (N-methyl/N-ethyl adjacent to an activating group) is 1. The molecule has 0 aliphatic heterocycles. The second-order valence-electron chi connectivity index (χ2n) is 6.14. The second kappa shape index (κ2) is 9.22. The molecule has 0 aromatic carbocycles. The first-order valence-corrected chi connectivity index (χ1v) is 8.39. The lowest BCUT2D eigenvalue weighted by atomic mass is 10.0. The summed E-state index contributed by atoms with van der Waals surface area (Å²) in [6, 6.07) is 1.21. The zero-order valence-corrected chi connectivity index (χ0v) is 14.1. The lowest BCUT2D eigenvalue weighted by Crippen LogP contribution is -2.42. The van der Waals surface area contributed by atoms with E-state index in [0.29, 0.717) is 12.1 Å². The molecule has 1 unspecified atom stereocenters. The molecule has 1 saturated carbocycles. The zero-order valence-electron chi connectivity index (χ0n) is 14.1. The van der Waals surface area contributed by atoms with Crippen molar-refractivity contribution in [2.24, 2.45) is 10.9 Å². The topological polar surface area (TPSA) is 39.7 Å². The SMILES string of the molecule is CCNC(=NCC(CC(C)C)N(CC)CC)NC1CC1. The first kappa shape index (κ1) is 17.3. The normalized spacial score (nSPS) is 17.6. The van der Waals surface area contributed by atoms with Crippen LogP contribution in [0.2, 0.25) is 0 Å². The van der Waals surface area contributed by atoms with Crippen LogP contribution in [0.4, 0.5) is 0 Å². The van der Waals surface area contributed by atoms with Gasteiger partial charge in [0.25, 0.3) is 0 Å². The summed E-state index contributed by atoms with van der Waals surface area (Å²) in [5.41, 5.74) is 0. The van der Waals surface area contributed by atoms with Crippen molar-refractivity contribution in [3.8, 4) is 0 Å². The van der Waals surface area contributed by atoms with Gasteiger partial charge in [0.2, 0.25) is 0 Å². The van der Waals surface area contributed by atoms with Crippen LogP contribution in [0.1, 0.15) is 53.9 Å². The van der Waals surface area contributed by atoms with Crippen LogP contribution >= 0.6 is 0 Å². The highest BCUT2D eigenvalue weighted by Gasteiger charge is 2.22. The van der Waals surface area contributed by atoms with Crippen molar-refractivity contribution < 1.29 is 0 Å². The van der Waals surface area contributed by atoms with Crippen LogP contribution in [0, 0.1) is 5.92 Å². The van der Waals surface area contributed by atoms with Gasteiger partial charge in [0.15, 0.2) is 5.96 Å². The molecule has 0 aromatic heterocycles. The summed E-state index contributed by atoms with van der Waals surface area (Å²) >= 11 is 0. The maximum absolute atomic E-state index is 4.82. The van der Waals surface area contributed by atoms with Crippen LogP contribution in [0.15, 0.2) is 4.99 Å². The summed E-state index contributed by atoms with van der Waals surface area (Å²) in [7, 11) is 0. The van der Waals surface area contributed by atoms with E-state index >= 15 is 0 Å². The third-order valence-corrected chi connectivity index (χ3v) is 3.79. The quantitative estimate of drug-likeness (QED) is 0.504. The Bertz CT molecular complexity index is 280. The molecule has 0 heterocycles. The van der Waals surface area contributed by atoms with E-state index in [1.165, 1.54) is 19.3 Å². The van der Waals surface area contributed by atoms with Crippen LogP contribution in [0.5, 0.6) is 0 Å². The number of aliphatic imine (C=N–C) groups is 1. The molecule has 0 radical (unpaired) electrons. The minimum absolute atomic E-state index is 0.555. The van der Waals surface area contributed by atoms with Gasteiger partial charge in [-0.15, -0.1) is 0 Å². The van der Waals surface area contributed by atoms with Gasteiger partial charge in [-0.2, -0.15) is 0 Å². The standard InChI is InChI=1S/C16H34N4/c1-6-17-16(19-14-9-10-14)18-12-15(11-13(4)5)20(7-2)8-3/h13-15H,6-12H2,1-5H3,(H2,17,18,19). The molecule has 1 atom stereocenters. The summed E-state index contributed by atoms with van der Waals surface area (Å²) in [5.74, 6) is 1.71. The van der Waals surface area contributed by atoms with Gasteiger partial charge in [-0.25, -0.2) is 0 Å². The minimum atomic E-state index is 0.555. The predicted octanol–water partition coefficient (Wildman–Crippen LogP) is 2.46. The predicted molar refractivity (Wildman–Crippen MR) is 88.3 cm³/mol. The molecule has 1 aliphatic rings. The maximum atomic E-state index is 4.82. The number of hydrogen-bond acceptors (Lipinski definition) is 2. The van der Waals surface area contributed by atoms with Crippen molar-refractivity contribution in [2.45, 2.75) is 66.0 Å². The fourth-order valence-electron chi connectivity index (χ4n) is 2.56. The number of nitrogens with one attached hydrogen (secondary N) is 2. The molecular weight excluding hydrogens is 248 g/mol. The Morgan fingerprint density at radius 3 is 2.30 bits per heavy atom. The van der Waals surface area contributed by atoms with Gasteiger partial charge in [-0.05, 0) is 45.2 Å². The Balaban J connectivity index is 2.59. The van der Waals surface area contributed by atoms with Gasteiger partial charge in [-0.1, -0.05) is 27.7 Å². The highest BCUT2D eigenvalue weighted by molar-refractivity contribution is 5.80. The Morgan fingerprint density at radius 1 is 1.20 bits per heavy atom. The molecule has 1 aliphatic carbocycles. The van der Waals surface area contributed by atoms with E-state index in [1.54, 1.807) is 0 Å². The smallest absolute Gasteiger partial charge is 0.191 e. The molecular formula is C16H34N4. The molecule has 1 rings (SSSR count). The van der Waals surface area contributed by atoms with Gasteiger partial charge >= 0.3 is 0 Å². The molecule has 0 aromatic rings. The molecule has 4 heteroatoms. The number of hydrogen-bond donors (Lipinski definition) is 2. The van der Waals surface area contributed by atoms with Crippen LogP contribution in [0.25, 0.3) is 0 Å². The molecule has 20 heavy (non-hydrogen) atoms. The molecule has 1 fully saturated rings. The monoisotopic (exact) mass is 282 g/mol. The molecule has 0 spiro atoms. The van der Waals surface area contributed by atoms with Gasteiger partial charge in [-0.3, -0.25) is 9.89 Å². The van der Waals surface area contributed by atoms with Gasteiger partial charge < -0.3 is 10.6 Å². The van der Waals surface area contributed by atoms with Gasteiger partial charge in [0, 0.05) is 18.6 Å². The Kier molecular flexibility index (Phi) is 7.97. The Labute approximate surface area is 125 Å². The van der Waals surface area contributed by atoms with E-state index < -0.39 is 0 Å². The summed E-state index contributed by atoms with van der Waals surface area (Å²) in [6.45, 7) is 15.2. The van der Waals surface area contributed by atoms with E-state index in [4.69, 9.17) is 4.99 Å². The fraction of sp³-hybridized carbons (Fsp3) is 0.938. The van der Waals surface area contributed by atoms with Crippen LogP contribution in [-0.2, 0) is 0 Å². The first-order chi connectivity index (χ1) is 9.60. The molecule has 0 bridgehead atoms. The van der Waals surface area contributed by atoms with E-state index in [0.717, 1.165) is 38.1 Å². The number of rotatable bonds is 9. The fourth-order valence-corrected chi connectivity index (χ4v) is 2.56. The van der Waals surface area contributed by atoms with Crippen molar-refractivity contribution >= 4 is 5.96 Å². The third-order valence-electron chi connectivity index (χ3n) is 3.79. The average Bonchev–Trinajstić information content (AvgIpc) is 3.20. The minimum Gasteiger partial charge on any atom is -0.357 e. The van der Waals surface area contributed by atoms with Gasteiger partial charge in [0.05, 0.1) is 6.54 Å². The van der Waals surface area contributed by atoms with E-state index in [-0.39, 0.29) is 0 Å². The molecule has 4 nitrogen and oxygen atoms in total. The zero-order chi connectivity index (χ0) is 15.0. The second-order valence-corrected chi connectivity index (χ2v) is 6.14. The third kappa shape index (κ3) is 6.60. The van der Waals surface area contributed by atoms with E-state index in [9.17, 15) is 0 Å². The van der Waals surface area contributed by atoms with Crippen molar-refractivity contribution in [3.05, 3.63) is 0 Å². The molecule has 0 saturated heterocycles. The van der Waals surface area contributed by atoms with Gasteiger partial charge in [0.1, 0.15) is 0 Å². The lowest BCUT2D eigenvalue weighted by Gasteiger charge is -2.30. The highest BCUT2D eigenvalue weighted by Crippen LogP contribution is 2.18. The van der Waals surface area contributed by atoms with Crippen molar-refractivity contribution in [3.63, 3.8) is 0 Å². The number of nitrogens with zero attached hydrogens (tertiary/aromatic N) is 2. The van der Waals surface area contributed by atoms with Crippen LogP contribution in [0.3, 0.4) is 0 Å². The van der Waals surface area contributed by atoms with E-state index in [2.05, 4.69) is 50.2 Å². The van der Waals surface area contributed by atoms with Crippen molar-refractivity contribution in [2.75, 3.05) is 26.2 Å². The van der Waals surface area contributed by atoms with Crippen molar-refractivity contribution in [1.82, 2.24) is 15.5 Å². The molecule has 0 amide bonds. The molecule has 118 valence electrons. The van der Waals surface area contributed by atoms with Crippen molar-refractivity contribution in [1.29, 1.82) is 0 Å². The summed E-state index contributed by atoms with van der Waals surface area (Å²) in [4.78, 5) is 7.35.